The van der Waals surface area contributed by atoms with Crippen molar-refractivity contribution < 1.29 is 0 Å². The predicted molar refractivity (Wildman–Crippen MR) is 62.6 cm³/mol. The van der Waals surface area contributed by atoms with Gasteiger partial charge in [0.2, 0.25) is 0 Å². The Morgan fingerprint density at radius 1 is 1.43 bits per heavy atom. The third-order valence-electron chi connectivity index (χ3n) is 3.55. The van der Waals surface area contributed by atoms with Gasteiger partial charge in [0.25, 0.3) is 0 Å². The molecular weight excluding hydrogens is 172 g/mol. The van der Waals surface area contributed by atoms with Gasteiger partial charge in [0.1, 0.15) is 0 Å². The van der Waals surface area contributed by atoms with Crippen LogP contribution in [0.5, 0.6) is 0 Å². The van der Waals surface area contributed by atoms with Gasteiger partial charge in [-0.15, -0.1) is 0 Å². The standard InChI is InChI=1S/C12H26N2/c1-10(14(4)5)9-13-11-6-7-12(2,3)8-11/h10-11,13H,6-9H2,1-5H3. The zero-order chi connectivity index (χ0) is 10.8. The molecule has 0 heterocycles. The predicted octanol–water partition coefficient (Wildman–Crippen LogP) is 2.10. The molecule has 0 saturated heterocycles. The molecule has 1 rings (SSSR count). The van der Waals surface area contributed by atoms with E-state index in [-0.39, 0.29) is 0 Å². The van der Waals surface area contributed by atoms with E-state index < -0.39 is 0 Å². The van der Waals surface area contributed by atoms with Crippen LogP contribution in [-0.2, 0) is 0 Å². The van der Waals surface area contributed by atoms with E-state index in [0.717, 1.165) is 12.6 Å². The van der Waals surface area contributed by atoms with Gasteiger partial charge < -0.3 is 10.2 Å². The maximum absolute atomic E-state index is 3.68. The molecule has 2 atom stereocenters. The molecule has 1 aliphatic carbocycles. The van der Waals surface area contributed by atoms with E-state index in [0.29, 0.717) is 11.5 Å². The molecule has 0 aromatic carbocycles. The molecule has 2 heteroatoms. The van der Waals surface area contributed by atoms with Crippen molar-refractivity contribution in [1.82, 2.24) is 10.2 Å². The van der Waals surface area contributed by atoms with Crippen molar-refractivity contribution in [1.29, 1.82) is 0 Å². The molecule has 2 unspecified atom stereocenters. The Morgan fingerprint density at radius 3 is 2.50 bits per heavy atom. The first-order valence-corrected chi connectivity index (χ1v) is 5.80. The molecule has 1 saturated carbocycles. The number of hydrogen-bond acceptors (Lipinski definition) is 2. The first kappa shape index (κ1) is 12.0. The summed E-state index contributed by atoms with van der Waals surface area (Å²) in [4.78, 5) is 2.27. The van der Waals surface area contributed by atoms with Crippen molar-refractivity contribution in [3.63, 3.8) is 0 Å². The van der Waals surface area contributed by atoms with E-state index in [1.807, 2.05) is 0 Å². The minimum atomic E-state index is 0.568. The summed E-state index contributed by atoms with van der Waals surface area (Å²) < 4.78 is 0. The molecule has 2 nitrogen and oxygen atoms in total. The topological polar surface area (TPSA) is 15.3 Å². The summed E-state index contributed by atoms with van der Waals surface area (Å²) in [6.45, 7) is 8.15. The van der Waals surface area contributed by atoms with Crippen LogP contribution < -0.4 is 5.32 Å². The average Bonchev–Trinajstić information content (AvgIpc) is 2.41. The molecule has 1 aliphatic rings. The summed E-state index contributed by atoms with van der Waals surface area (Å²) in [5, 5.41) is 3.68. The van der Waals surface area contributed by atoms with E-state index in [1.54, 1.807) is 0 Å². The van der Waals surface area contributed by atoms with E-state index in [9.17, 15) is 0 Å². The monoisotopic (exact) mass is 198 g/mol. The maximum atomic E-state index is 3.68. The second kappa shape index (κ2) is 4.63. The van der Waals surface area contributed by atoms with Crippen LogP contribution in [0, 0.1) is 5.41 Å². The molecule has 1 N–H and O–H groups in total. The minimum absolute atomic E-state index is 0.568. The van der Waals surface area contributed by atoms with Crippen LogP contribution in [0.15, 0.2) is 0 Å². The van der Waals surface area contributed by atoms with Gasteiger partial charge in [-0.2, -0.15) is 0 Å². The second-order valence-electron chi connectivity index (χ2n) is 5.82. The molecule has 0 aromatic heterocycles. The SMILES string of the molecule is CC(CNC1CCC(C)(C)C1)N(C)C. The highest BCUT2D eigenvalue weighted by Crippen LogP contribution is 2.36. The van der Waals surface area contributed by atoms with E-state index >= 15 is 0 Å². The Labute approximate surface area is 89.1 Å². The third kappa shape index (κ3) is 3.58. The third-order valence-corrected chi connectivity index (χ3v) is 3.55. The molecular formula is C12H26N2. The van der Waals surface area contributed by atoms with E-state index in [4.69, 9.17) is 0 Å². The molecule has 0 radical (unpaired) electrons. The number of likely N-dealkylation sites (N-methyl/N-ethyl adjacent to an activating group) is 1. The molecule has 0 bridgehead atoms. The Balaban J connectivity index is 2.21. The molecule has 84 valence electrons. The van der Waals surface area contributed by atoms with E-state index in [1.165, 1.54) is 19.3 Å². The summed E-state index contributed by atoms with van der Waals surface area (Å²) in [5.74, 6) is 0. The normalized spacial score (nSPS) is 28.3. The summed E-state index contributed by atoms with van der Waals surface area (Å²) in [7, 11) is 4.29. The maximum Gasteiger partial charge on any atom is 0.0186 e. The van der Waals surface area contributed by atoms with Crippen LogP contribution in [-0.4, -0.2) is 37.6 Å². The second-order valence-corrected chi connectivity index (χ2v) is 5.82. The molecule has 0 amide bonds. The molecule has 0 aromatic rings. The van der Waals surface area contributed by atoms with Crippen LogP contribution >= 0.6 is 0 Å². The molecule has 1 fully saturated rings. The average molecular weight is 198 g/mol. The fourth-order valence-corrected chi connectivity index (χ4v) is 2.13. The molecule has 0 spiro atoms. The zero-order valence-electron chi connectivity index (χ0n) is 10.4. The highest BCUT2D eigenvalue weighted by atomic mass is 15.1. The van der Waals surface area contributed by atoms with Crippen molar-refractivity contribution in [2.45, 2.75) is 52.1 Å². The lowest BCUT2D eigenvalue weighted by molar-refractivity contribution is 0.288. The highest BCUT2D eigenvalue weighted by molar-refractivity contribution is 4.86. The van der Waals surface area contributed by atoms with Gasteiger partial charge in [-0.05, 0) is 45.7 Å². The van der Waals surface area contributed by atoms with Crippen molar-refractivity contribution in [3.8, 4) is 0 Å². The Bertz CT molecular complexity index is 175. The lowest BCUT2D eigenvalue weighted by atomic mass is 9.92. The first-order chi connectivity index (χ1) is 6.41. The van der Waals surface area contributed by atoms with Gasteiger partial charge >= 0.3 is 0 Å². The van der Waals surface area contributed by atoms with Crippen LogP contribution in [0.3, 0.4) is 0 Å². The summed E-state index contributed by atoms with van der Waals surface area (Å²) >= 11 is 0. The Morgan fingerprint density at radius 2 is 2.07 bits per heavy atom. The number of rotatable bonds is 4. The fraction of sp³-hybridized carbons (Fsp3) is 1.00. The van der Waals surface area contributed by atoms with Gasteiger partial charge in [0.05, 0.1) is 0 Å². The number of nitrogens with one attached hydrogen (secondary N) is 1. The minimum Gasteiger partial charge on any atom is -0.312 e. The molecule has 0 aliphatic heterocycles. The van der Waals surface area contributed by atoms with Crippen LogP contribution in [0.4, 0.5) is 0 Å². The van der Waals surface area contributed by atoms with Gasteiger partial charge in [-0.25, -0.2) is 0 Å². The molecule has 14 heavy (non-hydrogen) atoms. The Hall–Kier alpha value is -0.0800. The first-order valence-electron chi connectivity index (χ1n) is 5.80. The van der Waals surface area contributed by atoms with Crippen LogP contribution in [0.2, 0.25) is 0 Å². The largest absolute Gasteiger partial charge is 0.312 e. The Kier molecular flexibility index (Phi) is 3.96. The zero-order valence-corrected chi connectivity index (χ0v) is 10.4. The highest BCUT2D eigenvalue weighted by Gasteiger charge is 2.30. The van der Waals surface area contributed by atoms with Gasteiger partial charge in [-0.3, -0.25) is 0 Å². The van der Waals surface area contributed by atoms with Gasteiger partial charge in [0.15, 0.2) is 0 Å². The van der Waals surface area contributed by atoms with Crippen molar-refractivity contribution in [2.75, 3.05) is 20.6 Å². The van der Waals surface area contributed by atoms with Crippen molar-refractivity contribution >= 4 is 0 Å². The van der Waals surface area contributed by atoms with Crippen LogP contribution in [0.1, 0.15) is 40.0 Å². The van der Waals surface area contributed by atoms with Crippen molar-refractivity contribution in [2.24, 2.45) is 5.41 Å². The quantitative estimate of drug-likeness (QED) is 0.744. The lowest BCUT2D eigenvalue weighted by Crippen LogP contribution is -2.39. The fourth-order valence-electron chi connectivity index (χ4n) is 2.13. The van der Waals surface area contributed by atoms with Gasteiger partial charge in [-0.1, -0.05) is 13.8 Å². The van der Waals surface area contributed by atoms with Gasteiger partial charge in [0, 0.05) is 18.6 Å². The number of nitrogens with zero attached hydrogens (tertiary/aromatic N) is 1. The number of hydrogen-bond donors (Lipinski definition) is 1. The summed E-state index contributed by atoms with van der Waals surface area (Å²) in [6, 6.07) is 1.39. The smallest absolute Gasteiger partial charge is 0.0186 e. The summed E-state index contributed by atoms with van der Waals surface area (Å²) in [5.41, 5.74) is 0.568. The lowest BCUT2D eigenvalue weighted by Gasteiger charge is -2.23. The summed E-state index contributed by atoms with van der Waals surface area (Å²) in [6.07, 6.45) is 4.07. The van der Waals surface area contributed by atoms with E-state index in [2.05, 4.69) is 45.1 Å². The van der Waals surface area contributed by atoms with Crippen molar-refractivity contribution in [3.05, 3.63) is 0 Å². The van der Waals surface area contributed by atoms with Crippen LogP contribution in [0.25, 0.3) is 0 Å².